The quantitative estimate of drug-likeness (QED) is 0.513. The Bertz CT molecular complexity index is 489. The predicted molar refractivity (Wildman–Crippen MR) is 126 cm³/mol. The van der Waals surface area contributed by atoms with Gasteiger partial charge in [-0.3, -0.25) is 0 Å². The van der Waals surface area contributed by atoms with Crippen molar-refractivity contribution in [3.05, 3.63) is 23.8 Å². The molecule has 29 heavy (non-hydrogen) atoms. The van der Waals surface area contributed by atoms with Gasteiger partial charge in [-0.15, -0.1) is 0 Å². The summed E-state index contributed by atoms with van der Waals surface area (Å²) in [6, 6.07) is 5.84. The Labute approximate surface area is 179 Å². The third-order valence-electron chi connectivity index (χ3n) is 4.72. The van der Waals surface area contributed by atoms with Gasteiger partial charge in [0.15, 0.2) is 0 Å². The van der Waals surface area contributed by atoms with Crippen molar-refractivity contribution < 1.29 is 14.3 Å². The van der Waals surface area contributed by atoms with Crippen LogP contribution >= 0.6 is 0 Å². The van der Waals surface area contributed by atoms with Crippen molar-refractivity contribution in [3.63, 3.8) is 0 Å². The number of nitrogens with two attached hydrogens (primary N) is 1. The van der Waals surface area contributed by atoms with E-state index in [1.807, 2.05) is 45.9 Å². The minimum absolute atomic E-state index is 0.0671. The first kappa shape index (κ1) is 29.6. The summed E-state index contributed by atoms with van der Waals surface area (Å²) in [5, 5.41) is 3.37. The number of carbonyl (C=O) groups excluding carboxylic acids is 1. The average Bonchev–Trinajstić information content (AvgIpc) is 3.30. The Morgan fingerprint density at radius 3 is 2.21 bits per heavy atom. The summed E-state index contributed by atoms with van der Waals surface area (Å²) >= 11 is 0. The zero-order valence-electron chi connectivity index (χ0n) is 19.9. The number of benzene rings is 1. The molecule has 0 saturated heterocycles. The molecule has 1 aliphatic carbocycles. The van der Waals surface area contributed by atoms with Gasteiger partial charge < -0.3 is 25.3 Å². The predicted octanol–water partition coefficient (Wildman–Crippen LogP) is 5.67. The highest BCUT2D eigenvalue weighted by atomic mass is 16.5. The lowest BCUT2D eigenvalue weighted by atomic mass is 9.95. The highest BCUT2D eigenvalue weighted by Gasteiger charge is 2.17. The van der Waals surface area contributed by atoms with E-state index in [9.17, 15) is 4.79 Å². The second-order valence-electron chi connectivity index (χ2n) is 6.60. The number of carbonyl (C=O) groups is 1. The first-order valence-electron chi connectivity index (χ1n) is 11.1. The first-order chi connectivity index (χ1) is 14.2. The number of nitrogens with one attached hydrogen (secondary N) is 1. The van der Waals surface area contributed by atoms with Crippen LogP contribution in [0.25, 0.3) is 0 Å². The third-order valence-corrected chi connectivity index (χ3v) is 4.72. The number of rotatable bonds is 9. The van der Waals surface area contributed by atoms with Crippen LogP contribution < -0.4 is 15.8 Å². The summed E-state index contributed by atoms with van der Waals surface area (Å²) in [7, 11) is 4.90. The number of hydrogen-bond donors (Lipinski definition) is 2. The van der Waals surface area contributed by atoms with Crippen molar-refractivity contribution in [2.75, 3.05) is 33.2 Å². The average molecular weight is 411 g/mol. The summed E-state index contributed by atoms with van der Waals surface area (Å²) in [6.45, 7) is 9.08. The Morgan fingerprint density at radius 2 is 1.72 bits per heavy atom. The van der Waals surface area contributed by atoms with Gasteiger partial charge in [0.05, 0.1) is 7.11 Å². The van der Waals surface area contributed by atoms with Gasteiger partial charge in [0, 0.05) is 44.5 Å². The number of anilines is 1. The van der Waals surface area contributed by atoms with E-state index in [1.165, 1.54) is 32.1 Å². The van der Waals surface area contributed by atoms with Crippen molar-refractivity contribution in [3.8, 4) is 5.75 Å². The second kappa shape index (κ2) is 21.1. The molecule has 5 nitrogen and oxygen atoms in total. The maximum absolute atomic E-state index is 11.3. The molecule has 5 heteroatoms. The summed E-state index contributed by atoms with van der Waals surface area (Å²) in [4.78, 5) is 11.3. The minimum Gasteiger partial charge on any atom is -0.496 e. The topological polar surface area (TPSA) is 73.6 Å². The standard InChI is InChI=1S/C18H28N2O2.C2H6O.2C2H6/c1-22-18-8-4-7-17(16(18)11-19)20-12-15(13-21)10-9-14-5-2-3-6-14;1-3-2;2*1-2/h4,7-8,13-15,20H,2-3,5-6,9-12,19H2,1H3;1-2H3;2*1-2H3. The molecule has 0 radical (unpaired) electrons. The highest BCUT2D eigenvalue weighted by Crippen LogP contribution is 2.30. The third kappa shape index (κ3) is 12.6. The molecule has 2 rings (SSSR count). The number of methoxy groups -OCH3 is 2. The summed E-state index contributed by atoms with van der Waals surface area (Å²) < 4.78 is 9.59. The van der Waals surface area contributed by atoms with Crippen LogP contribution in [0.1, 0.15) is 71.8 Å². The molecule has 0 heterocycles. The summed E-state index contributed by atoms with van der Waals surface area (Å²) in [5.74, 6) is 1.69. The van der Waals surface area contributed by atoms with E-state index < -0.39 is 0 Å². The molecule has 0 aromatic heterocycles. The fourth-order valence-electron chi connectivity index (χ4n) is 3.34. The Morgan fingerprint density at radius 1 is 1.14 bits per heavy atom. The Balaban J connectivity index is 0. The largest absolute Gasteiger partial charge is 0.496 e. The SMILES string of the molecule is CC.CC.COC.COc1cccc(NCC(C=O)CCC2CCCC2)c1CN. The Kier molecular flexibility index (Phi) is 21.6. The lowest BCUT2D eigenvalue weighted by Crippen LogP contribution is -2.18. The number of aldehydes is 1. The van der Waals surface area contributed by atoms with Gasteiger partial charge >= 0.3 is 0 Å². The van der Waals surface area contributed by atoms with Crippen LogP contribution in [0.2, 0.25) is 0 Å². The van der Waals surface area contributed by atoms with E-state index in [4.69, 9.17) is 10.5 Å². The fourth-order valence-corrected chi connectivity index (χ4v) is 3.34. The van der Waals surface area contributed by atoms with E-state index in [0.717, 1.165) is 35.6 Å². The normalized spacial score (nSPS) is 13.5. The van der Waals surface area contributed by atoms with Gasteiger partial charge in [-0.05, 0) is 30.9 Å². The molecular weight excluding hydrogens is 364 g/mol. The lowest BCUT2D eigenvalue weighted by Gasteiger charge is -2.18. The molecule has 1 aromatic rings. The van der Waals surface area contributed by atoms with Crippen LogP contribution in [0.5, 0.6) is 5.75 Å². The van der Waals surface area contributed by atoms with Crippen molar-refractivity contribution in [2.24, 2.45) is 17.6 Å². The number of ether oxygens (including phenoxy) is 2. The van der Waals surface area contributed by atoms with Gasteiger partial charge in [0.2, 0.25) is 0 Å². The molecule has 0 spiro atoms. The Hall–Kier alpha value is -1.59. The van der Waals surface area contributed by atoms with Crippen LogP contribution in [0.4, 0.5) is 5.69 Å². The zero-order chi connectivity index (χ0) is 22.5. The van der Waals surface area contributed by atoms with Crippen LogP contribution in [0, 0.1) is 11.8 Å². The van der Waals surface area contributed by atoms with Crippen LogP contribution in [-0.4, -0.2) is 34.2 Å². The van der Waals surface area contributed by atoms with E-state index in [1.54, 1.807) is 21.3 Å². The molecule has 170 valence electrons. The molecule has 3 N–H and O–H groups in total. The molecule has 0 bridgehead atoms. The van der Waals surface area contributed by atoms with E-state index >= 15 is 0 Å². The lowest BCUT2D eigenvalue weighted by molar-refractivity contribution is -0.111. The molecule has 1 unspecified atom stereocenters. The summed E-state index contributed by atoms with van der Waals surface area (Å²) in [5.41, 5.74) is 7.75. The fraction of sp³-hybridized carbons (Fsp3) is 0.708. The zero-order valence-corrected chi connectivity index (χ0v) is 19.9. The van der Waals surface area contributed by atoms with Gasteiger partial charge in [-0.1, -0.05) is 59.4 Å². The van der Waals surface area contributed by atoms with Crippen molar-refractivity contribution in [2.45, 2.75) is 72.8 Å². The number of hydrogen-bond acceptors (Lipinski definition) is 5. The van der Waals surface area contributed by atoms with E-state index in [-0.39, 0.29) is 5.92 Å². The monoisotopic (exact) mass is 410 g/mol. The van der Waals surface area contributed by atoms with Crippen LogP contribution in [-0.2, 0) is 16.1 Å². The van der Waals surface area contributed by atoms with Crippen LogP contribution in [0.15, 0.2) is 18.2 Å². The second-order valence-corrected chi connectivity index (χ2v) is 6.60. The van der Waals surface area contributed by atoms with Gasteiger partial charge in [-0.2, -0.15) is 0 Å². The highest BCUT2D eigenvalue weighted by molar-refractivity contribution is 5.60. The minimum atomic E-state index is 0.0671. The molecule has 1 aromatic carbocycles. The molecule has 0 amide bonds. The van der Waals surface area contributed by atoms with Gasteiger partial charge in [0.1, 0.15) is 12.0 Å². The maximum atomic E-state index is 11.3. The smallest absolute Gasteiger partial charge is 0.125 e. The molecule has 1 fully saturated rings. The molecule has 1 saturated carbocycles. The van der Waals surface area contributed by atoms with Gasteiger partial charge in [-0.25, -0.2) is 0 Å². The molecule has 1 atom stereocenters. The van der Waals surface area contributed by atoms with Crippen molar-refractivity contribution in [1.29, 1.82) is 0 Å². The molecule has 0 aliphatic heterocycles. The molecule has 1 aliphatic rings. The van der Waals surface area contributed by atoms with Gasteiger partial charge in [0.25, 0.3) is 0 Å². The maximum Gasteiger partial charge on any atom is 0.125 e. The van der Waals surface area contributed by atoms with Crippen molar-refractivity contribution >= 4 is 12.0 Å². The van der Waals surface area contributed by atoms with Crippen LogP contribution in [0.3, 0.4) is 0 Å². The van der Waals surface area contributed by atoms with E-state index in [0.29, 0.717) is 13.1 Å². The van der Waals surface area contributed by atoms with Crippen molar-refractivity contribution in [1.82, 2.24) is 0 Å². The van der Waals surface area contributed by atoms with E-state index in [2.05, 4.69) is 10.1 Å². The summed E-state index contributed by atoms with van der Waals surface area (Å²) in [6.07, 6.45) is 8.63. The molecular formula is C24H46N2O3. The first-order valence-corrected chi connectivity index (χ1v) is 11.1.